The highest BCUT2D eigenvalue weighted by Crippen LogP contribution is 2.17. The third-order valence-electron chi connectivity index (χ3n) is 2.79. The van der Waals surface area contributed by atoms with Gasteiger partial charge in [-0.25, -0.2) is 0 Å². The predicted molar refractivity (Wildman–Crippen MR) is 62.9 cm³/mol. The number of carbonyl (C=O) groups excluding carboxylic acids is 1. The van der Waals surface area contributed by atoms with E-state index in [1.165, 1.54) is 18.6 Å². The van der Waals surface area contributed by atoms with Gasteiger partial charge in [0, 0.05) is 24.5 Å². The molecule has 2 nitrogen and oxygen atoms in total. The van der Waals surface area contributed by atoms with Crippen molar-refractivity contribution in [3.63, 3.8) is 0 Å². The number of ketones is 1. The molecular weight excluding hydrogens is 194 g/mol. The molecular formula is C11H21NOS. The molecule has 0 amide bonds. The molecule has 0 aromatic rings. The summed E-state index contributed by atoms with van der Waals surface area (Å²) < 4.78 is 0. The van der Waals surface area contributed by atoms with Crippen LogP contribution in [0.4, 0.5) is 0 Å². The first-order valence-corrected chi connectivity index (χ1v) is 6.72. The molecule has 0 radical (unpaired) electrons. The molecule has 0 aromatic carbocycles. The number of unbranched alkanes of at least 4 members (excludes halogenated alkanes) is 2. The maximum atomic E-state index is 11.8. The highest BCUT2D eigenvalue weighted by Gasteiger charge is 2.25. The van der Waals surface area contributed by atoms with Gasteiger partial charge in [-0.3, -0.25) is 9.69 Å². The van der Waals surface area contributed by atoms with Crippen LogP contribution in [-0.2, 0) is 4.79 Å². The molecule has 0 spiro atoms. The molecule has 0 aromatic heterocycles. The Labute approximate surface area is 91.4 Å². The van der Waals surface area contributed by atoms with Crippen molar-refractivity contribution in [2.45, 2.75) is 38.6 Å². The number of hydrogen-bond acceptors (Lipinski definition) is 3. The second-order valence-electron chi connectivity index (χ2n) is 3.99. The van der Waals surface area contributed by atoms with Crippen LogP contribution in [0.3, 0.4) is 0 Å². The van der Waals surface area contributed by atoms with Gasteiger partial charge in [0.05, 0.1) is 6.04 Å². The zero-order chi connectivity index (χ0) is 10.4. The Hall–Kier alpha value is -0.0200. The molecule has 82 valence electrons. The van der Waals surface area contributed by atoms with Gasteiger partial charge in [-0.05, 0) is 13.5 Å². The van der Waals surface area contributed by atoms with Crippen LogP contribution in [0.5, 0.6) is 0 Å². The Morgan fingerprint density at radius 1 is 1.50 bits per heavy atom. The van der Waals surface area contributed by atoms with Crippen molar-refractivity contribution in [3.05, 3.63) is 0 Å². The maximum absolute atomic E-state index is 11.8. The lowest BCUT2D eigenvalue weighted by Gasteiger charge is -2.30. The van der Waals surface area contributed by atoms with Crippen LogP contribution < -0.4 is 0 Å². The second kappa shape index (κ2) is 6.46. The Morgan fingerprint density at radius 2 is 2.29 bits per heavy atom. The molecule has 1 saturated heterocycles. The topological polar surface area (TPSA) is 20.3 Å². The fraction of sp³-hybridized carbons (Fsp3) is 0.909. The Morgan fingerprint density at radius 3 is 2.93 bits per heavy atom. The zero-order valence-electron chi connectivity index (χ0n) is 9.29. The highest BCUT2D eigenvalue weighted by atomic mass is 32.2. The van der Waals surface area contributed by atoms with E-state index in [0.717, 1.165) is 25.1 Å². The Balaban J connectivity index is 2.27. The quantitative estimate of drug-likeness (QED) is 0.656. The van der Waals surface area contributed by atoms with E-state index in [4.69, 9.17) is 0 Å². The molecule has 0 N–H and O–H groups in total. The lowest BCUT2D eigenvalue weighted by atomic mass is 10.1. The van der Waals surface area contributed by atoms with Gasteiger partial charge in [0.25, 0.3) is 0 Å². The first-order valence-electron chi connectivity index (χ1n) is 5.56. The SMILES string of the molecule is CCCCCC(=O)C1CSCCN1C. The van der Waals surface area contributed by atoms with Crippen molar-refractivity contribution in [1.29, 1.82) is 0 Å². The molecule has 1 rings (SSSR count). The summed E-state index contributed by atoms with van der Waals surface area (Å²) in [5.74, 6) is 2.63. The first kappa shape index (κ1) is 12.1. The largest absolute Gasteiger partial charge is 0.298 e. The molecule has 14 heavy (non-hydrogen) atoms. The number of likely N-dealkylation sites (N-methyl/N-ethyl adjacent to an activating group) is 1. The lowest BCUT2D eigenvalue weighted by Crippen LogP contribution is -2.44. The van der Waals surface area contributed by atoms with E-state index in [1.54, 1.807) is 0 Å². The minimum absolute atomic E-state index is 0.200. The van der Waals surface area contributed by atoms with Crippen LogP contribution in [0.1, 0.15) is 32.6 Å². The van der Waals surface area contributed by atoms with Gasteiger partial charge < -0.3 is 0 Å². The average molecular weight is 215 g/mol. The smallest absolute Gasteiger partial charge is 0.150 e. The van der Waals surface area contributed by atoms with E-state index in [1.807, 2.05) is 11.8 Å². The molecule has 0 bridgehead atoms. The zero-order valence-corrected chi connectivity index (χ0v) is 10.1. The summed E-state index contributed by atoms with van der Waals surface area (Å²) in [6.45, 7) is 3.24. The van der Waals surface area contributed by atoms with E-state index >= 15 is 0 Å². The van der Waals surface area contributed by atoms with Crippen LogP contribution >= 0.6 is 11.8 Å². The summed E-state index contributed by atoms with van der Waals surface area (Å²) in [6.07, 6.45) is 4.24. The highest BCUT2D eigenvalue weighted by molar-refractivity contribution is 7.99. The molecule has 1 heterocycles. The van der Waals surface area contributed by atoms with Crippen LogP contribution in [0.2, 0.25) is 0 Å². The van der Waals surface area contributed by atoms with E-state index in [0.29, 0.717) is 5.78 Å². The van der Waals surface area contributed by atoms with Crippen molar-refractivity contribution in [2.24, 2.45) is 0 Å². The van der Waals surface area contributed by atoms with Gasteiger partial charge in [-0.15, -0.1) is 0 Å². The normalized spacial score (nSPS) is 23.7. The van der Waals surface area contributed by atoms with E-state index in [2.05, 4.69) is 18.9 Å². The Kier molecular flexibility index (Phi) is 5.56. The number of carbonyl (C=O) groups is 1. The summed E-state index contributed by atoms with van der Waals surface area (Å²) in [7, 11) is 2.07. The average Bonchev–Trinajstić information content (AvgIpc) is 2.18. The van der Waals surface area contributed by atoms with Gasteiger partial charge >= 0.3 is 0 Å². The van der Waals surface area contributed by atoms with Crippen molar-refractivity contribution < 1.29 is 4.79 Å². The van der Waals surface area contributed by atoms with E-state index in [9.17, 15) is 4.79 Å². The van der Waals surface area contributed by atoms with E-state index < -0.39 is 0 Å². The minimum Gasteiger partial charge on any atom is -0.298 e. The predicted octanol–water partition coefficient (Wildman–Crippen LogP) is 2.18. The third kappa shape index (κ3) is 3.62. The monoisotopic (exact) mass is 215 g/mol. The maximum Gasteiger partial charge on any atom is 0.150 e. The summed E-state index contributed by atoms with van der Waals surface area (Å²) in [5, 5.41) is 0. The van der Waals surface area contributed by atoms with Crippen molar-refractivity contribution >= 4 is 17.5 Å². The van der Waals surface area contributed by atoms with Crippen LogP contribution in [0.15, 0.2) is 0 Å². The molecule has 1 unspecified atom stereocenters. The van der Waals surface area contributed by atoms with Gasteiger partial charge in [0.1, 0.15) is 0 Å². The summed E-state index contributed by atoms with van der Waals surface area (Å²) >= 11 is 1.91. The van der Waals surface area contributed by atoms with Crippen LogP contribution in [0.25, 0.3) is 0 Å². The number of nitrogens with zero attached hydrogens (tertiary/aromatic N) is 1. The van der Waals surface area contributed by atoms with Crippen LogP contribution in [0, 0.1) is 0 Å². The fourth-order valence-electron chi connectivity index (χ4n) is 1.74. The molecule has 1 aliphatic rings. The fourth-order valence-corrected chi connectivity index (χ4v) is 2.99. The van der Waals surface area contributed by atoms with Crippen molar-refractivity contribution in [2.75, 3.05) is 25.1 Å². The van der Waals surface area contributed by atoms with Crippen LogP contribution in [-0.4, -0.2) is 41.8 Å². The molecule has 1 fully saturated rings. The second-order valence-corrected chi connectivity index (χ2v) is 5.14. The summed E-state index contributed by atoms with van der Waals surface area (Å²) in [5.41, 5.74) is 0. The summed E-state index contributed by atoms with van der Waals surface area (Å²) in [6, 6.07) is 0.200. The van der Waals surface area contributed by atoms with E-state index in [-0.39, 0.29) is 6.04 Å². The Bertz CT molecular complexity index is 184. The first-order chi connectivity index (χ1) is 6.75. The minimum atomic E-state index is 0.200. The van der Waals surface area contributed by atoms with Crippen molar-refractivity contribution in [3.8, 4) is 0 Å². The molecule has 1 atom stereocenters. The number of Topliss-reactive ketones (excluding diaryl/α,β-unsaturated/α-hetero) is 1. The van der Waals surface area contributed by atoms with Gasteiger partial charge in [0.2, 0.25) is 0 Å². The van der Waals surface area contributed by atoms with Gasteiger partial charge in [0.15, 0.2) is 5.78 Å². The van der Waals surface area contributed by atoms with Gasteiger partial charge in [-0.2, -0.15) is 11.8 Å². The molecule has 1 aliphatic heterocycles. The number of thioether (sulfide) groups is 1. The molecule has 3 heteroatoms. The molecule has 0 aliphatic carbocycles. The van der Waals surface area contributed by atoms with Crippen molar-refractivity contribution in [1.82, 2.24) is 4.90 Å². The van der Waals surface area contributed by atoms with Gasteiger partial charge in [-0.1, -0.05) is 19.8 Å². The third-order valence-corrected chi connectivity index (χ3v) is 3.82. The standard InChI is InChI=1S/C11H21NOS/c1-3-4-5-6-11(13)10-9-14-8-7-12(10)2/h10H,3-9H2,1-2H3. The number of hydrogen-bond donors (Lipinski definition) is 0. The lowest BCUT2D eigenvalue weighted by molar-refractivity contribution is -0.123. The summed E-state index contributed by atoms with van der Waals surface area (Å²) in [4.78, 5) is 14.0. The number of rotatable bonds is 5. The molecule has 0 saturated carbocycles.